The van der Waals surface area contributed by atoms with Crippen LogP contribution in [0.5, 0.6) is 0 Å². The van der Waals surface area contributed by atoms with Gasteiger partial charge in [0.15, 0.2) is 0 Å². The minimum Gasteiger partial charge on any atom is -0.369 e. The third-order valence-corrected chi connectivity index (χ3v) is 3.54. The van der Waals surface area contributed by atoms with Gasteiger partial charge in [0.2, 0.25) is 0 Å². The third kappa shape index (κ3) is 1.93. The van der Waals surface area contributed by atoms with Gasteiger partial charge in [0, 0.05) is 11.4 Å². The smallest absolute Gasteiger partial charge is 0.257 e. The Morgan fingerprint density at radius 3 is 3.00 bits per heavy atom. The number of nitrogens with one attached hydrogen (secondary N) is 2. The van der Waals surface area contributed by atoms with Crippen LogP contribution in [0, 0.1) is 5.92 Å². The molecule has 0 spiro atoms. The van der Waals surface area contributed by atoms with E-state index in [2.05, 4.69) is 17.2 Å². The number of hydrogen-bond acceptors (Lipinski definition) is 2. The molecular weight excluding hydrogens is 212 g/mol. The molecule has 1 aliphatic carbocycles. The first-order chi connectivity index (χ1) is 8.28. The van der Waals surface area contributed by atoms with Gasteiger partial charge in [-0.1, -0.05) is 31.5 Å². The average molecular weight is 228 g/mol. The fourth-order valence-electron chi connectivity index (χ4n) is 2.36. The van der Waals surface area contributed by atoms with Crippen molar-refractivity contribution in [3.63, 3.8) is 0 Å². The lowest BCUT2D eigenvalue weighted by atomic mass is 10.2. The molecule has 88 valence electrons. The fraction of sp³-hybridized carbons (Fsp3) is 0.357. The molecule has 1 saturated carbocycles. The second kappa shape index (κ2) is 3.91. The molecule has 2 atom stereocenters. The van der Waals surface area contributed by atoms with Crippen LogP contribution in [0.3, 0.4) is 0 Å². The van der Waals surface area contributed by atoms with Crippen molar-refractivity contribution in [3.8, 4) is 0 Å². The molecule has 1 aromatic carbocycles. The van der Waals surface area contributed by atoms with E-state index >= 15 is 0 Å². The first kappa shape index (κ1) is 10.4. The molecule has 1 aromatic heterocycles. The van der Waals surface area contributed by atoms with Crippen LogP contribution in [-0.4, -0.2) is 11.0 Å². The summed E-state index contributed by atoms with van der Waals surface area (Å²) in [7, 11) is 0. The Kier molecular flexibility index (Phi) is 2.39. The van der Waals surface area contributed by atoms with E-state index in [-0.39, 0.29) is 5.56 Å². The number of benzene rings is 1. The van der Waals surface area contributed by atoms with Crippen LogP contribution in [0.2, 0.25) is 0 Å². The molecule has 1 aliphatic rings. The van der Waals surface area contributed by atoms with E-state index in [9.17, 15) is 4.79 Å². The quantitative estimate of drug-likeness (QED) is 0.848. The number of pyridine rings is 1. The Labute approximate surface area is 99.9 Å². The van der Waals surface area contributed by atoms with Gasteiger partial charge in [0.1, 0.15) is 5.82 Å². The molecule has 0 bridgehead atoms. The zero-order valence-electron chi connectivity index (χ0n) is 9.86. The van der Waals surface area contributed by atoms with Gasteiger partial charge in [0.05, 0.1) is 0 Å². The van der Waals surface area contributed by atoms with Gasteiger partial charge in [-0.05, 0) is 29.9 Å². The van der Waals surface area contributed by atoms with E-state index in [0.717, 1.165) is 22.5 Å². The summed E-state index contributed by atoms with van der Waals surface area (Å²) in [6.07, 6.45) is 2.42. The first-order valence-corrected chi connectivity index (χ1v) is 6.16. The lowest BCUT2D eigenvalue weighted by Crippen LogP contribution is -2.13. The zero-order chi connectivity index (χ0) is 11.8. The van der Waals surface area contributed by atoms with Crippen molar-refractivity contribution in [2.75, 3.05) is 5.32 Å². The standard InChI is InChI=1S/C14H16N2O/c1-2-9-7-12(9)15-13-8-10-5-3-4-6-11(10)14(17)16-13/h3-6,8-9,12H,2,7H2,1H3,(H2,15,16,17). The summed E-state index contributed by atoms with van der Waals surface area (Å²) in [5.74, 6) is 1.61. The molecule has 0 amide bonds. The Hall–Kier alpha value is -1.77. The summed E-state index contributed by atoms with van der Waals surface area (Å²) >= 11 is 0. The molecule has 3 rings (SSSR count). The van der Waals surface area contributed by atoms with E-state index in [1.54, 1.807) is 0 Å². The van der Waals surface area contributed by atoms with E-state index < -0.39 is 0 Å². The highest BCUT2D eigenvalue weighted by Gasteiger charge is 2.35. The normalized spacial score (nSPS) is 22.6. The van der Waals surface area contributed by atoms with Crippen LogP contribution in [-0.2, 0) is 0 Å². The van der Waals surface area contributed by atoms with Gasteiger partial charge in [-0.15, -0.1) is 0 Å². The SMILES string of the molecule is CCC1CC1Nc1cc2ccccc2c(=O)[nH]1. The molecule has 3 nitrogen and oxygen atoms in total. The molecule has 17 heavy (non-hydrogen) atoms. The lowest BCUT2D eigenvalue weighted by molar-refractivity contribution is 0.773. The lowest BCUT2D eigenvalue weighted by Gasteiger charge is -2.06. The molecule has 2 unspecified atom stereocenters. The van der Waals surface area contributed by atoms with Crippen LogP contribution in [0.4, 0.5) is 5.82 Å². The molecule has 2 aromatic rings. The van der Waals surface area contributed by atoms with Crippen molar-refractivity contribution in [1.29, 1.82) is 0 Å². The molecule has 1 heterocycles. The zero-order valence-corrected chi connectivity index (χ0v) is 9.86. The van der Waals surface area contributed by atoms with E-state index in [4.69, 9.17) is 0 Å². The summed E-state index contributed by atoms with van der Waals surface area (Å²) in [6.45, 7) is 2.20. The number of hydrogen-bond donors (Lipinski definition) is 2. The van der Waals surface area contributed by atoms with Crippen molar-refractivity contribution in [2.45, 2.75) is 25.8 Å². The van der Waals surface area contributed by atoms with Crippen molar-refractivity contribution in [1.82, 2.24) is 4.98 Å². The first-order valence-electron chi connectivity index (χ1n) is 6.16. The van der Waals surface area contributed by atoms with Gasteiger partial charge in [-0.25, -0.2) is 0 Å². The van der Waals surface area contributed by atoms with Crippen molar-refractivity contribution in [2.24, 2.45) is 5.92 Å². The Balaban J connectivity index is 1.93. The molecule has 1 fully saturated rings. The van der Waals surface area contributed by atoms with Gasteiger partial charge in [-0.2, -0.15) is 0 Å². The molecule has 0 aliphatic heterocycles. The number of rotatable bonds is 3. The van der Waals surface area contributed by atoms with Gasteiger partial charge >= 0.3 is 0 Å². The Morgan fingerprint density at radius 1 is 1.41 bits per heavy atom. The number of fused-ring (bicyclic) bond motifs is 1. The summed E-state index contributed by atoms with van der Waals surface area (Å²) < 4.78 is 0. The topological polar surface area (TPSA) is 44.9 Å². The monoisotopic (exact) mass is 228 g/mol. The number of anilines is 1. The molecule has 0 radical (unpaired) electrons. The number of aromatic amines is 1. The largest absolute Gasteiger partial charge is 0.369 e. The molecule has 2 N–H and O–H groups in total. The van der Waals surface area contributed by atoms with E-state index in [1.807, 2.05) is 30.3 Å². The van der Waals surface area contributed by atoms with Crippen LogP contribution >= 0.6 is 0 Å². The van der Waals surface area contributed by atoms with Crippen LogP contribution < -0.4 is 10.9 Å². The Bertz CT molecular complexity index is 602. The van der Waals surface area contributed by atoms with Crippen molar-refractivity contribution >= 4 is 16.6 Å². The molecule has 0 saturated heterocycles. The second-order valence-corrected chi connectivity index (χ2v) is 4.75. The van der Waals surface area contributed by atoms with Crippen molar-refractivity contribution < 1.29 is 0 Å². The number of H-pyrrole nitrogens is 1. The van der Waals surface area contributed by atoms with Gasteiger partial charge in [0.25, 0.3) is 5.56 Å². The average Bonchev–Trinajstić information content (AvgIpc) is 3.07. The van der Waals surface area contributed by atoms with Gasteiger partial charge in [-0.3, -0.25) is 4.79 Å². The third-order valence-electron chi connectivity index (χ3n) is 3.54. The maximum Gasteiger partial charge on any atom is 0.257 e. The van der Waals surface area contributed by atoms with E-state index in [1.165, 1.54) is 12.8 Å². The van der Waals surface area contributed by atoms with Crippen LogP contribution in [0.15, 0.2) is 35.1 Å². The predicted molar refractivity (Wildman–Crippen MR) is 70.4 cm³/mol. The highest BCUT2D eigenvalue weighted by Crippen LogP contribution is 2.35. The second-order valence-electron chi connectivity index (χ2n) is 4.75. The maximum atomic E-state index is 11.9. The highest BCUT2D eigenvalue weighted by atomic mass is 16.1. The number of aromatic nitrogens is 1. The van der Waals surface area contributed by atoms with Gasteiger partial charge < -0.3 is 10.3 Å². The highest BCUT2D eigenvalue weighted by molar-refractivity contribution is 5.83. The minimum atomic E-state index is -0.0145. The summed E-state index contributed by atoms with van der Waals surface area (Å²) in [6, 6.07) is 10.2. The summed E-state index contributed by atoms with van der Waals surface area (Å²) in [4.78, 5) is 14.8. The van der Waals surface area contributed by atoms with Crippen LogP contribution in [0.25, 0.3) is 10.8 Å². The predicted octanol–water partition coefficient (Wildman–Crippen LogP) is 2.74. The molecular formula is C14H16N2O. The van der Waals surface area contributed by atoms with Crippen LogP contribution in [0.1, 0.15) is 19.8 Å². The van der Waals surface area contributed by atoms with E-state index in [0.29, 0.717) is 6.04 Å². The fourth-order valence-corrected chi connectivity index (χ4v) is 2.36. The Morgan fingerprint density at radius 2 is 2.24 bits per heavy atom. The van der Waals surface area contributed by atoms with Crippen molar-refractivity contribution in [3.05, 3.63) is 40.7 Å². The molecule has 3 heteroatoms. The summed E-state index contributed by atoms with van der Waals surface area (Å²) in [5, 5.41) is 5.14. The summed E-state index contributed by atoms with van der Waals surface area (Å²) in [5.41, 5.74) is -0.0145. The maximum absolute atomic E-state index is 11.9. The minimum absolute atomic E-state index is 0.0145.